The molecule has 7 nitrogen and oxygen atoms in total. The van der Waals surface area contributed by atoms with Crippen molar-refractivity contribution in [3.05, 3.63) is 75.2 Å². The van der Waals surface area contributed by atoms with Crippen molar-refractivity contribution in [2.24, 2.45) is 5.92 Å². The Kier molecular flexibility index (Phi) is 5.25. The lowest BCUT2D eigenvalue weighted by molar-refractivity contribution is -0.134. The number of aromatic nitrogens is 2. The number of nitrogens with one attached hydrogen (secondary N) is 1. The minimum Gasteiger partial charge on any atom is -0.339 e. The maximum absolute atomic E-state index is 13.3. The topological polar surface area (TPSA) is 86.4 Å². The van der Waals surface area contributed by atoms with E-state index in [0.717, 1.165) is 35.0 Å². The first-order chi connectivity index (χ1) is 15.5. The van der Waals surface area contributed by atoms with E-state index in [9.17, 15) is 14.4 Å². The van der Waals surface area contributed by atoms with Crippen molar-refractivity contribution in [1.29, 1.82) is 0 Å². The number of H-pyrrole nitrogens is 1. The van der Waals surface area contributed by atoms with E-state index in [1.165, 1.54) is 0 Å². The second kappa shape index (κ2) is 8.22. The molecule has 5 rings (SSSR count). The van der Waals surface area contributed by atoms with Gasteiger partial charge in [-0.1, -0.05) is 30.3 Å². The standard InChI is InChI=1S/C25H26N4O3/c1-16-6-7-17(15-22-19-4-2-3-5-20(19)23(30)27-26-22)14-21(16)25(32)29-12-10-28(11-13-29)24(31)18-8-9-18/h2-7,14,18H,8-13,15H2,1H3,(H,27,30). The van der Waals surface area contributed by atoms with E-state index in [2.05, 4.69) is 10.2 Å². The summed E-state index contributed by atoms with van der Waals surface area (Å²) in [4.78, 5) is 41.4. The van der Waals surface area contributed by atoms with E-state index in [0.29, 0.717) is 43.5 Å². The molecule has 1 aliphatic heterocycles. The Labute approximate surface area is 186 Å². The molecule has 32 heavy (non-hydrogen) atoms. The Bertz CT molecular complexity index is 1250. The van der Waals surface area contributed by atoms with Crippen LogP contribution in [0, 0.1) is 12.8 Å². The summed E-state index contributed by atoms with van der Waals surface area (Å²) in [5.74, 6) is 0.465. The van der Waals surface area contributed by atoms with E-state index in [1.807, 2.05) is 53.1 Å². The number of amides is 2. The summed E-state index contributed by atoms with van der Waals surface area (Å²) in [5.41, 5.74) is 3.14. The van der Waals surface area contributed by atoms with Crippen molar-refractivity contribution < 1.29 is 9.59 Å². The van der Waals surface area contributed by atoms with Gasteiger partial charge in [-0.15, -0.1) is 0 Å². The average molecular weight is 431 g/mol. The summed E-state index contributed by atoms with van der Waals surface area (Å²) in [6.45, 7) is 4.28. The van der Waals surface area contributed by atoms with Gasteiger partial charge in [-0.3, -0.25) is 14.4 Å². The molecule has 7 heteroatoms. The van der Waals surface area contributed by atoms with Crippen molar-refractivity contribution in [3.8, 4) is 0 Å². The number of fused-ring (bicyclic) bond motifs is 1. The van der Waals surface area contributed by atoms with Gasteiger partial charge in [0.25, 0.3) is 11.5 Å². The first-order valence-corrected chi connectivity index (χ1v) is 11.1. The molecule has 2 heterocycles. The fraction of sp³-hybridized carbons (Fsp3) is 0.360. The van der Waals surface area contributed by atoms with E-state index < -0.39 is 0 Å². The summed E-state index contributed by atoms with van der Waals surface area (Å²) in [7, 11) is 0. The fourth-order valence-corrected chi connectivity index (χ4v) is 4.40. The number of hydrogen-bond donors (Lipinski definition) is 1. The molecule has 1 aliphatic carbocycles. The van der Waals surface area contributed by atoms with Gasteiger partial charge in [0.15, 0.2) is 0 Å². The maximum atomic E-state index is 13.3. The third-order valence-corrected chi connectivity index (χ3v) is 6.48. The van der Waals surface area contributed by atoms with Gasteiger partial charge in [-0.25, -0.2) is 5.10 Å². The van der Waals surface area contributed by atoms with Crippen LogP contribution in [0.3, 0.4) is 0 Å². The number of aryl methyl sites for hydroxylation is 1. The highest BCUT2D eigenvalue weighted by atomic mass is 16.2. The third kappa shape index (κ3) is 3.90. The number of nitrogens with zero attached hydrogens (tertiary/aromatic N) is 3. The highest BCUT2D eigenvalue weighted by molar-refractivity contribution is 5.96. The molecule has 0 radical (unpaired) electrons. The van der Waals surface area contributed by atoms with Crippen LogP contribution >= 0.6 is 0 Å². The number of piperazine rings is 1. The fourth-order valence-electron chi connectivity index (χ4n) is 4.40. The number of carbonyl (C=O) groups is 2. The zero-order chi connectivity index (χ0) is 22.2. The lowest BCUT2D eigenvalue weighted by Crippen LogP contribution is -2.51. The maximum Gasteiger partial charge on any atom is 0.272 e. The molecule has 1 N–H and O–H groups in total. The van der Waals surface area contributed by atoms with Crippen LogP contribution < -0.4 is 5.56 Å². The molecule has 1 aromatic heterocycles. The van der Waals surface area contributed by atoms with Gasteiger partial charge in [0.05, 0.1) is 11.1 Å². The summed E-state index contributed by atoms with van der Waals surface area (Å²) >= 11 is 0. The quantitative estimate of drug-likeness (QED) is 0.689. The predicted molar refractivity (Wildman–Crippen MR) is 122 cm³/mol. The number of aromatic amines is 1. The van der Waals surface area contributed by atoms with Crippen molar-refractivity contribution in [3.63, 3.8) is 0 Å². The van der Waals surface area contributed by atoms with E-state index >= 15 is 0 Å². The van der Waals surface area contributed by atoms with Crippen molar-refractivity contribution in [2.75, 3.05) is 26.2 Å². The van der Waals surface area contributed by atoms with Crippen LogP contribution in [0.2, 0.25) is 0 Å². The highest BCUT2D eigenvalue weighted by Gasteiger charge is 2.35. The number of benzene rings is 2. The van der Waals surface area contributed by atoms with E-state index in [1.54, 1.807) is 6.07 Å². The molecule has 0 spiro atoms. The van der Waals surface area contributed by atoms with E-state index in [-0.39, 0.29) is 23.3 Å². The molecule has 0 atom stereocenters. The molecule has 2 aromatic carbocycles. The summed E-state index contributed by atoms with van der Waals surface area (Å²) in [5, 5.41) is 8.27. The molecular formula is C25H26N4O3. The average Bonchev–Trinajstić information content (AvgIpc) is 3.67. The molecule has 1 saturated carbocycles. The minimum atomic E-state index is -0.205. The molecule has 1 saturated heterocycles. The molecule has 0 bridgehead atoms. The van der Waals surface area contributed by atoms with Crippen LogP contribution in [0.5, 0.6) is 0 Å². The van der Waals surface area contributed by atoms with Crippen LogP contribution in [-0.4, -0.2) is 58.0 Å². The molecule has 2 aliphatic rings. The van der Waals surface area contributed by atoms with Gasteiger partial charge in [0.1, 0.15) is 0 Å². The van der Waals surface area contributed by atoms with Crippen LogP contribution in [0.15, 0.2) is 47.3 Å². The molecule has 3 aromatic rings. The summed E-state index contributed by atoms with van der Waals surface area (Å²) in [6.07, 6.45) is 2.52. The first kappa shape index (κ1) is 20.4. The monoisotopic (exact) mass is 430 g/mol. The van der Waals surface area contributed by atoms with Gasteiger partial charge >= 0.3 is 0 Å². The van der Waals surface area contributed by atoms with Gasteiger partial charge in [0, 0.05) is 49.5 Å². The van der Waals surface area contributed by atoms with Crippen LogP contribution in [0.4, 0.5) is 0 Å². The number of rotatable bonds is 4. The first-order valence-electron chi connectivity index (χ1n) is 11.1. The van der Waals surface area contributed by atoms with Gasteiger partial charge in [-0.2, -0.15) is 5.10 Å². The zero-order valence-electron chi connectivity index (χ0n) is 18.1. The molecular weight excluding hydrogens is 404 g/mol. The van der Waals surface area contributed by atoms with E-state index in [4.69, 9.17) is 0 Å². The Morgan fingerprint density at radius 1 is 1.00 bits per heavy atom. The highest BCUT2D eigenvalue weighted by Crippen LogP contribution is 2.31. The van der Waals surface area contributed by atoms with Crippen LogP contribution in [0.1, 0.15) is 40.0 Å². The normalized spacial score (nSPS) is 16.4. The molecule has 2 amide bonds. The molecule has 164 valence electrons. The smallest absolute Gasteiger partial charge is 0.272 e. The second-order valence-electron chi connectivity index (χ2n) is 8.76. The number of hydrogen-bond acceptors (Lipinski definition) is 4. The SMILES string of the molecule is Cc1ccc(Cc2n[nH]c(=O)c3ccccc23)cc1C(=O)N1CCN(C(=O)C2CC2)CC1. The minimum absolute atomic E-state index is 0.00200. The largest absolute Gasteiger partial charge is 0.339 e. The van der Waals surface area contributed by atoms with Gasteiger partial charge in [0.2, 0.25) is 5.91 Å². The number of carbonyl (C=O) groups excluding carboxylic acids is 2. The Hall–Kier alpha value is -3.48. The van der Waals surface area contributed by atoms with Gasteiger partial charge < -0.3 is 9.80 Å². The summed E-state index contributed by atoms with van der Waals surface area (Å²) in [6, 6.07) is 13.3. The molecule has 2 fully saturated rings. The van der Waals surface area contributed by atoms with Gasteiger partial charge in [-0.05, 0) is 43.0 Å². The van der Waals surface area contributed by atoms with Crippen molar-refractivity contribution >= 4 is 22.6 Å². The Morgan fingerprint density at radius 2 is 1.69 bits per heavy atom. The summed E-state index contributed by atoms with van der Waals surface area (Å²) < 4.78 is 0. The Morgan fingerprint density at radius 3 is 2.41 bits per heavy atom. The Balaban J connectivity index is 1.34. The lowest BCUT2D eigenvalue weighted by Gasteiger charge is -2.35. The lowest BCUT2D eigenvalue weighted by atomic mass is 9.99. The third-order valence-electron chi connectivity index (χ3n) is 6.48. The molecule has 0 unspecified atom stereocenters. The zero-order valence-corrected chi connectivity index (χ0v) is 18.1. The van der Waals surface area contributed by atoms with Crippen molar-refractivity contribution in [1.82, 2.24) is 20.0 Å². The van der Waals surface area contributed by atoms with Crippen molar-refractivity contribution in [2.45, 2.75) is 26.2 Å². The second-order valence-corrected chi connectivity index (χ2v) is 8.76. The predicted octanol–water partition coefficient (Wildman–Crippen LogP) is 2.52. The van der Waals surface area contributed by atoms with Crippen LogP contribution in [0.25, 0.3) is 10.8 Å². The van der Waals surface area contributed by atoms with Crippen LogP contribution in [-0.2, 0) is 11.2 Å².